The molecule has 6 heteroatoms. The van der Waals surface area contributed by atoms with Gasteiger partial charge in [-0.3, -0.25) is 0 Å². The Morgan fingerprint density at radius 2 is 2.14 bits per heavy atom. The van der Waals surface area contributed by atoms with E-state index in [1.807, 2.05) is 18.2 Å². The summed E-state index contributed by atoms with van der Waals surface area (Å²) in [6.07, 6.45) is 0. The number of halogens is 1. The molecule has 21 heavy (non-hydrogen) atoms. The highest BCUT2D eigenvalue weighted by molar-refractivity contribution is 7.98. The van der Waals surface area contributed by atoms with Gasteiger partial charge >= 0.3 is 0 Å². The number of anilines is 1. The van der Waals surface area contributed by atoms with E-state index < -0.39 is 0 Å². The standard InChI is InChI=1S/C15H11FN4S/c16-12-3-1-9(7-17)5-10(12)8-21-15-19-13-4-2-11(18)6-14(13)20-15/h1-6H,8,18H2,(H,19,20). The summed E-state index contributed by atoms with van der Waals surface area (Å²) in [6.45, 7) is 0. The molecule has 0 saturated heterocycles. The van der Waals surface area contributed by atoms with E-state index in [2.05, 4.69) is 9.97 Å². The molecule has 3 N–H and O–H groups in total. The first kappa shape index (κ1) is 13.5. The fourth-order valence-electron chi connectivity index (χ4n) is 1.97. The molecular formula is C15H11FN4S. The van der Waals surface area contributed by atoms with Crippen LogP contribution >= 0.6 is 11.8 Å². The molecule has 104 valence electrons. The van der Waals surface area contributed by atoms with E-state index in [-0.39, 0.29) is 5.82 Å². The van der Waals surface area contributed by atoms with Gasteiger partial charge in [0, 0.05) is 11.4 Å². The van der Waals surface area contributed by atoms with Gasteiger partial charge in [-0.2, -0.15) is 5.26 Å². The monoisotopic (exact) mass is 298 g/mol. The van der Waals surface area contributed by atoms with Crippen LogP contribution in [0.15, 0.2) is 41.6 Å². The molecule has 0 amide bonds. The number of aromatic nitrogens is 2. The van der Waals surface area contributed by atoms with Crippen molar-refractivity contribution >= 4 is 28.5 Å². The fraction of sp³-hybridized carbons (Fsp3) is 0.0667. The molecule has 1 aromatic heterocycles. The minimum atomic E-state index is -0.318. The molecule has 4 nitrogen and oxygen atoms in total. The average Bonchev–Trinajstić information content (AvgIpc) is 2.88. The maximum atomic E-state index is 13.7. The van der Waals surface area contributed by atoms with E-state index in [4.69, 9.17) is 11.0 Å². The summed E-state index contributed by atoms with van der Waals surface area (Å²) >= 11 is 1.38. The van der Waals surface area contributed by atoms with Gasteiger partial charge in [-0.1, -0.05) is 11.8 Å². The Hall–Kier alpha value is -2.52. The molecule has 0 saturated carbocycles. The van der Waals surface area contributed by atoms with Gasteiger partial charge in [-0.25, -0.2) is 9.37 Å². The molecule has 0 bridgehead atoms. The molecule has 0 aliphatic carbocycles. The number of fused-ring (bicyclic) bond motifs is 1. The van der Waals surface area contributed by atoms with Crippen LogP contribution in [0, 0.1) is 17.1 Å². The van der Waals surface area contributed by atoms with Crippen LogP contribution in [-0.2, 0) is 5.75 Å². The molecule has 0 spiro atoms. The number of nitrogens with zero attached hydrogens (tertiary/aromatic N) is 2. The van der Waals surface area contributed by atoms with Crippen LogP contribution in [0.5, 0.6) is 0 Å². The van der Waals surface area contributed by atoms with E-state index in [1.54, 1.807) is 12.1 Å². The van der Waals surface area contributed by atoms with Gasteiger partial charge in [0.2, 0.25) is 0 Å². The molecule has 0 fully saturated rings. The van der Waals surface area contributed by atoms with Gasteiger partial charge in [0.1, 0.15) is 5.82 Å². The molecule has 0 unspecified atom stereocenters. The fourth-order valence-corrected chi connectivity index (χ4v) is 2.83. The van der Waals surface area contributed by atoms with E-state index in [0.717, 1.165) is 11.0 Å². The average molecular weight is 298 g/mol. The highest BCUT2D eigenvalue weighted by atomic mass is 32.2. The van der Waals surface area contributed by atoms with Gasteiger partial charge < -0.3 is 10.7 Å². The maximum Gasteiger partial charge on any atom is 0.166 e. The summed E-state index contributed by atoms with van der Waals surface area (Å²) in [6, 6.07) is 11.8. The van der Waals surface area contributed by atoms with Crippen molar-refractivity contribution in [2.24, 2.45) is 0 Å². The third-order valence-electron chi connectivity index (χ3n) is 3.02. The van der Waals surface area contributed by atoms with Crippen LogP contribution in [0.2, 0.25) is 0 Å². The van der Waals surface area contributed by atoms with Crippen molar-refractivity contribution in [2.45, 2.75) is 10.9 Å². The lowest BCUT2D eigenvalue weighted by Gasteiger charge is -2.01. The molecular weight excluding hydrogens is 287 g/mol. The summed E-state index contributed by atoms with van der Waals surface area (Å²) in [5, 5.41) is 9.54. The normalized spacial score (nSPS) is 10.7. The topological polar surface area (TPSA) is 78.5 Å². The first-order valence-corrected chi connectivity index (χ1v) is 7.21. The van der Waals surface area contributed by atoms with Crippen molar-refractivity contribution in [3.8, 4) is 6.07 Å². The first-order valence-electron chi connectivity index (χ1n) is 6.22. The van der Waals surface area contributed by atoms with E-state index in [1.165, 1.54) is 23.9 Å². The number of nitriles is 1. The van der Waals surface area contributed by atoms with E-state index in [0.29, 0.717) is 27.7 Å². The maximum absolute atomic E-state index is 13.7. The number of hydrogen-bond acceptors (Lipinski definition) is 4. The minimum absolute atomic E-state index is 0.318. The number of imidazole rings is 1. The van der Waals surface area contributed by atoms with Crippen molar-refractivity contribution in [1.82, 2.24) is 9.97 Å². The van der Waals surface area contributed by atoms with Gasteiger partial charge in [0.05, 0.1) is 22.7 Å². The quantitative estimate of drug-likeness (QED) is 0.573. The van der Waals surface area contributed by atoms with Crippen LogP contribution in [-0.4, -0.2) is 9.97 Å². The molecule has 2 aromatic carbocycles. The summed E-state index contributed by atoms with van der Waals surface area (Å²) in [4.78, 5) is 7.54. The molecule has 0 aliphatic rings. The Morgan fingerprint density at radius 1 is 1.29 bits per heavy atom. The minimum Gasteiger partial charge on any atom is -0.399 e. The number of benzene rings is 2. The Morgan fingerprint density at radius 3 is 2.95 bits per heavy atom. The Labute approximate surface area is 124 Å². The number of nitrogen functional groups attached to an aromatic ring is 1. The number of rotatable bonds is 3. The van der Waals surface area contributed by atoms with Crippen LogP contribution in [0.25, 0.3) is 11.0 Å². The van der Waals surface area contributed by atoms with Crippen LogP contribution in [0.1, 0.15) is 11.1 Å². The summed E-state index contributed by atoms with van der Waals surface area (Å²) in [7, 11) is 0. The molecule has 0 atom stereocenters. The van der Waals surface area contributed by atoms with E-state index in [9.17, 15) is 4.39 Å². The lowest BCUT2D eigenvalue weighted by Crippen LogP contribution is -1.89. The number of aromatic amines is 1. The zero-order valence-electron chi connectivity index (χ0n) is 10.9. The Kier molecular flexibility index (Phi) is 3.50. The SMILES string of the molecule is N#Cc1ccc(F)c(CSc2nc3ccc(N)cc3[nH]2)c1. The second kappa shape index (κ2) is 5.46. The summed E-state index contributed by atoms with van der Waals surface area (Å²) in [5.74, 6) is 0.0817. The number of thioether (sulfide) groups is 1. The Bertz CT molecular complexity index is 850. The molecule has 0 aliphatic heterocycles. The van der Waals surface area contributed by atoms with E-state index >= 15 is 0 Å². The van der Waals surface area contributed by atoms with Crippen molar-refractivity contribution in [3.63, 3.8) is 0 Å². The number of H-pyrrole nitrogens is 1. The highest BCUT2D eigenvalue weighted by Gasteiger charge is 2.08. The second-order valence-electron chi connectivity index (χ2n) is 4.53. The molecule has 1 heterocycles. The first-order chi connectivity index (χ1) is 10.2. The molecule has 3 rings (SSSR count). The number of nitrogens with two attached hydrogens (primary N) is 1. The van der Waals surface area contributed by atoms with Crippen LogP contribution < -0.4 is 5.73 Å². The zero-order valence-corrected chi connectivity index (χ0v) is 11.7. The van der Waals surface area contributed by atoms with Crippen molar-refractivity contribution in [2.75, 3.05) is 5.73 Å². The third kappa shape index (κ3) is 2.83. The predicted molar refractivity (Wildman–Crippen MR) is 81.2 cm³/mol. The second-order valence-corrected chi connectivity index (χ2v) is 5.49. The summed E-state index contributed by atoms with van der Waals surface area (Å²) < 4.78 is 13.7. The lowest BCUT2D eigenvalue weighted by atomic mass is 10.1. The smallest absolute Gasteiger partial charge is 0.166 e. The van der Waals surface area contributed by atoms with Gasteiger partial charge in [0.25, 0.3) is 0 Å². The zero-order chi connectivity index (χ0) is 14.8. The summed E-state index contributed by atoms with van der Waals surface area (Å²) in [5.41, 5.74) is 8.98. The number of nitrogens with one attached hydrogen (secondary N) is 1. The van der Waals surface area contributed by atoms with Crippen molar-refractivity contribution in [3.05, 3.63) is 53.3 Å². The molecule has 0 radical (unpaired) electrons. The third-order valence-corrected chi connectivity index (χ3v) is 3.95. The van der Waals surface area contributed by atoms with Crippen LogP contribution in [0.3, 0.4) is 0 Å². The largest absolute Gasteiger partial charge is 0.399 e. The number of hydrogen-bond donors (Lipinski definition) is 2. The predicted octanol–water partition coefficient (Wildman–Crippen LogP) is 3.45. The van der Waals surface area contributed by atoms with Gasteiger partial charge in [-0.05, 0) is 42.0 Å². The van der Waals surface area contributed by atoms with Crippen molar-refractivity contribution < 1.29 is 4.39 Å². The van der Waals surface area contributed by atoms with Crippen molar-refractivity contribution in [1.29, 1.82) is 5.26 Å². The molecule has 3 aromatic rings. The van der Waals surface area contributed by atoms with Crippen LogP contribution in [0.4, 0.5) is 10.1 Å². The van der Waals surface area contributed by atoms with Gasteiger partial charge in [-0.15, -0.1) is 0 Å². The van der Waals surface area contributed by atoms with Gasteiger partial charge in [0.15, 0.2) is 5.16 Å². The Balaban J connectivity index is 1.82. The highest BCUT2D eigenvalue weighted by Crippen LogP contribution is 2.25. The lowest BCUT2D eigenvalue weighted by molar-refractivity contribution is 0.617.